The van der Waals surface area contributed by atoms with Crippen molar-refractivity contribution in [3.63, 3.8) is 0 Å². The van der Waals surface area contributed by atoms with Gasteiger partial charge in [0.25, 0.3) is 5.69 Å². The van der Waals surface area contributed by atoms with Crippen LogP contribution in [0.1, 0.15) is 37.1 Å². The third-order valence-corrected chi connectivity index (χ3v) is 5.81. The minimum absolute atomic E-state index is 0.0415. The lowest BCUT2D eigenvalue weighted by molar-refractivity contribution is -0.384. The minimum Gasteiger partial charge on any atom is -0.481 e. The summed E-state index contributed by atoms with van der Waals surface area (Å²) < 4.78 is 5.50. The first-order valence-corrected chi connectivity index (χ1v) is 9.65. The fourth-order valence-electron chi connectivity index (χ4n) is 4.14. The number of hydrogen-bond acceptors (Lipinski definition) is 5. The number of hydrogen-bond donors (Lipinski definition) is 2. The molecule has 152 valence electrons. The van der Waals surface area contributed by atoms with Gasteiger partial charge in [0.2, 0.25) is 0 Å². The van der Waals surface area contributed by atoms with Crippen molar-refractivity contribution in [2.24, 2.45) is 5.41 Å². The summed E-state index contributed by atoms with van der Waals surface area (Å²) in [4.78, 5) is 10.9. The predicted molar refractivity (Wildman–Crippen MR) is 116 cm³/mol. The maximum atomic E-state index is 11.3. The summed E-state index contributed by atoms with van der Waals surface area (Å²) in [5, 5.41) is 27.8. The molecule has 0 saturated heterocycles. The van der Waals surface area contributed by atoms with Crippen LogP contribution in [0.4, 0.5) is 11.4 Å². The van der Waals surface area contributed by atoms with Gasteiger partial charge in [-0.3, -0.25) is 10.1 Å². The van der Waals surface area contributed by atoms with E-state index in [0.29, 0.717) is 5.75 Å². The molecule has 0 fully saturated rings. The molecule has 6 heteroatoms. The molecule has 3 aromatic rings. The summed E-state index contributed by atoms with van der Waals surface area (Å²) in [6.07, 6.45) is 4.49. The Morgan fingerprint density at radius 3 is 2.73 bits per heavy atom. The molecule has 0 aromatic heterocycles. The summed E-state index contributed by atoms with van der Waals surface area (Å²) >= 11 is 0. The second kappa shape index (κ2) is 7.36. The largest absolute Gasteiger partial charge is 0.481 e. The maximum Gasteiger partial charge on any atom is 0.270 e. The number of ether oxygens (including phenoxy) is 1. The quantitative estimate of drug-likeness (QED) is 0.365. The Morgan fingerprint density at radius 2 is 2.00 bits per heavy atom. The number of aliphatic hydroxyl groups excluding tert-OH is 1. The van der Waals surface area contributed by atoms with Gasteiger partial charge in [-0.2, -0.15) is 0 Å². The van der Waals surface area contributed by atoms with E-state index in [1.54, 1.807) is 24.3 Å². The molecule has 3 aromatic carbocycles. The van der Waals surface area contributed by atoms with E-state index in [-0.39, 0.29) is 18.3 Å². The van der Waals surface area contributed by atoms with Gasteiger partial charge in [0, 0.05) is 28.8 Å². The molecule has 6 nitrogen and oxygen atoms in total. The average molecular weight is 402 g/mol. The summed E-state index contributed by atoms with van der Waals surface area (Å²) in [5.41, 5.74) is 1.87. The molecular formula is C24H22N2O4. The lowest BCUT2D eigenvalue weighted by atomic mass is 9.70. The molecule has 1 aliphatic rings. The Kier molecular flexibility index (Phi) is 4.84. The van der Waals surface area contributed by atoms with Crippen molar-refractivity contribution in [1.29, 1.82) is 0 Å². The minimum atomic E-state index is -0.776. The molecule has 1 aliphatic heterocycles. The third-order valence-electron chi connectivity index (χ3n) is 5.81. The van der Waals surface area contributed by atoms with E-state index < -0.39 is 16.4 Å². The Balaban J connectivity index is 1.82. The van der Waals surface area contributed by atoms with Gasteiger partial charge in [-0.15, -0.1) is 6.42 Å². The van der Waals surface area contributed by atoms with Crippen molar-refractivity contribution in [2.75, 3.05) is 11.9 Å². The molecule has 0 saturated carbocycles. The molecule has 2 atom stereocenters. The number of nitrogens with zero attached hydrogens (tertiary/aromatic N) is 1. The smallest absolute Gasteiger partial charge is 0.270 e. The highest BCUT2D eigenvalue weighted by Crippen LogP contribution is 2.53. The number of nitro groups is 1. The van der Waals surface area contributed by atoms with E-state index >= 15 is 0 Å². The lowest BCUT2D eigenvalue weighted by Gasteiger charge is -2.45. The molecule has 0 radical (unpaired) electrons. The van der Waals surface area contributed by atoms with Crippen LogP contribution in [0, 0.1) is 27.9 Å². The number of aliphatic hydroxyl groups is 1. The van der Waals surface area contributed by atoms with Gasteiger partial charge in [0.15, 0.2) is 0 Å². The van der Waals surface area contributed by atoms with Gasteiger partial charge >= 0.3 is 0 Å². The highest BCUT2D eigenvalue weighted by Gasteiger charge is 2.43. The van der Waals surface area contributed by atoms with Crippen LogP contribution < -0.4 is 10.1 Å². The normalized spacial score (nSPS) is 19.4. The number of nitrogens with one attached hydrogen (secondary N) is 1. The number of benzene rings is 3. The van der Waals surface area contributed by atoms with Crippen LogP contribution in [0.3, 0.4) is 0 Å². The van der Waals surface area contributed by atoms with E-state index in [9.17, 15) is 15.2 Å². The van der Waals surface area contributed by atoms with E-state index in [2.05, 4.69) is 11.2 Å². The first-order valence-electron chi connectivity index (χ1n) is 9.65. The summed E-state index contributed by atoms with van der Waals surface area (Å²) in [6.45, 7) is 4.11. The van der Waals surface area contributed by atoms with E-state index in [0.717, 1.165) is 27.6 Å². The van der Waals surface area contributed by atoms with Gasteiger partial charge in [-0.1, -0.05) is 38.0 Å². The van der Waals surface area contributed by atoms with Gasteiger partial charge in [-0.05, 0) is 40.6 Å². The van der Waals surface area contributed by atoms with Crippen molar-refractivity contribution in [1.82, 2.24) is 0 Å². The first-order chi connectivity index (χ1) is 14.3. The Labute approximate surface area is 174 Å². The van der Waals surface area contributed by atoms with Gasteiger partial charge in [0.05, 0.1) is 17.1 Å². The van der Waals surface area contributed by atoms with E-state index in [1.165, 1.54) is 6.07 Å². The molecule has 0 spiro atoms. The predicted octanol–water partition coefficient (Wildman–Crippen LogP) is 4.99. The maximum absolute atomic E-state index is 11.3. The Morgan fingerprint density at radius 1 is 1.20 bits per heavy atom. The topological polar surface area (TPSA) is 84.6 Å². The van der Waals surface area contributed by atoms with Crippen LogP contribution in [0.5, 0.6) is 5.75 Å². The fraction of sp³-hybridized carbons (Fsp3) is 0.250. The average Bonchev–Trinajstić information content (AvgIpc) is 2.74. The van der Waals surface area contributed by atoms with E-state index in [1.807, 2.05) is 38.1 Å². The van der Waals surface area contributed by atoms with Crippen molar-refractivity contribution in [2.45, 2.75) is 26.0 Å². The monoisotopic (exact) mass is 402 g/mol. The fourth-order valence-corrected chi connectivity index (χ4v) is 4.14. The zero-order valence-electron chi connectivity index (χ0n) is 16.8. The molecule has 2 unspecified atom stereocenters. The van der Waals surface area contributed by atoms with Crippen LogP contribution in [-0.2, 0) is 0 Å². The van der Waals surface area contributed by atoms with Crippen LogP contribution in [0.2, 0.25) is 0 Å². The van der Waals surface area contributed by atoms with Crippen LogP contribution in [-0.4, -0.2) is 16.6 Å². The number of anilines is 1. The van der Waals surface area contributed by atoms with Crippen molar-refractivity contribution < 1.29 is 14.8 Å². The van der Waals surface area contributed by atoms with E-state index in [4.69, 9.17) is 11.2 Å². The molecule has 30 heavy (non-hydrogen) atoms. The number of rotatable bonds is 4. The van der Waals surface area contributed by atoms with Gasteiger partial charge < -0.3 is 15.2 Å². The summed E-state index contributed by atoms with van der Waals surface area (Å²) in [6, 6.07) is 15.9. The molecule has 4 rings (SSSR count). The second-order valence-corrected chi connectivity index (χ2v) is 8.05. The van der Waals surface area contributed by atoms with Gasteiger partial charge in [-0.25, -0.2) is 0 Å². The van der Waals surface area contributed by atoms with Crippen molar-refractivity contribution >= 4 is 22.1 Å². The number of nitro benzene ring substituents is 1. The zero-order chi connectivity index (χ0) is 21.5. The molecule has 2 N–H and O–H groups in total. The zero-order valence-corrected chi connectivity index (χ0v) is 16.8. The van der Waals surface area contributed by atoms with Crippen LogP contribution in [0.15, 0.2) is 54.6 Å². The van der Waals surface area contributed by atoms with Gasteiger partial charge in [0.1, 0.15) is 12.4 Å². The summed E-state index contributed by atoms with van der Waals surface area (Å²) in [5.74, 6) is 3.03. The molecular weight excluding hydrogens is 380 g/mol. The highest BCUT2D eigenvalue weighted by atomic mass is 16.6. The second-order valence-electron chi connectivity index (χ2n) is 8.05. The SMILES string of the molecule is C#CCOc1ccc2c(c1)C(O)C(C)(C)C(c1cccc3ccc([N+](=O)[O-])cc13)N2. The van der Waals surface area contributed by atoms with Crippen LogP contribution >= 0.6 is 0 Å². The van der Waals surface area contributed by atoms with Crippen molar-refractivity contribution in [3.05, 3.63) is 75.8 Å². The highest BCUT2D eigenvalue weighted by molar-refractivity contribution is 5.88. The number of fused-ring (bicyclic) bond motifs is 2. The standard InChI is InChI=1S/C24H22N2O4/c1-4-12-30-17-10-11-21-20(14-17)23(27)24(2,3)22(25-21)18-7-5-6-15-8-9-16(26(28)29)13-19(15)18/h1,5-11,13-14,22-23,25,27H,12H2,2-3H3. The lowest BCUT2D eigenvalue weighted by Crippen LogP contribution is -2.38. The number of non-ortho nitro benzene ring substituents is 1. The molecule has 0 amide bonds. The number of terminal acetylenes is 1. The molecule has 0 bridgehead atoms. The summed E-state index contributed by atoms with van der Waals surface area (Å²) in [7, 11) is 0. The Bertz CT molecular complexity index is 1180. The van der Waals surface area contributed by atoms with Crippen molar-refractivity contribution in [3.8, 4) is 18.1 Å². The molecule has 1 heterocycles. The first kappa shape index (κ1) is 19.7. The Hall–Kier alpha value is -3.56. The van der Waals surface area contributed by atoms with Crippen LogP contribution in [0.25, 0.3) is 10.8 Å². The molecule has 0 aliphatic carbocycles. The third kappa shape index (κ3) is 3.23.